The summed E-state index contributed by atoms with van der Waals surface area (Å²) in [6.45, 7) is -0.575. The molecule has 0 amide bonds. The minimum Gasteiger partial charge on any atom is -0.508 e. The highest BCUT2D eigenvalue weighted by molar-refractivity contribution is 5.55. The topological polar surface area (TPSA) is 138 Å². The van der Waals surface area contributed by atoms with Crippen molar-refractivity contribution < 1.29 is 44.5 Å². The number of aliphatic hydroxyl groups excluding tert-OH is 4. The first-order chi connectivity index (χ1) is 10.9. The summed E-state index contributed by atoms with van der Waals surface area (Å²) in [5.74, 6) is 0.120. The molecule has 5 N–H and O–H groups in total. The van der Waals surface area contributed by atoms with Crippen LogP contribution in [0.1, 0.15) is 0 Å². The van der Waals surface area contributed by atoms with Gasteiger partial charge in [-0.15, -0.1) is 0 Å². The highest BCUT2D eigenvalue weighted by Crippen LogP contribution is 2.42. The van der Waals surface area contributed by atoms with Crippen molar-refractivity contribution in [1.29, 1.82) is 0 Å². The van der Waals surface area contributed by atoms with Gasteiger partial charge in [-0.25, -0.2) is 0 Å². The van der Waals surface area contributed by atoms with Crippen molar-refractivity contribution in [3.8, 4) is 23.0 Å². The number of aromatic hydroxyl groups is 1. The third kappa shape index (κ3) is 3.43. The number of ether oxygens (including phenoxy) is 4. The van der Waals surface area contributed by atoms with Gasteiger partial charge in [0, 0.05) is 12.1 Å². The molecule has 1 aliphatic heterocycles. The summed E-state index contributed by atoms with van der Waals surface area (Å²) >= 11 is 0. The van der Waals surface area contributed by atoms with Crippen LogP contribution in [-0.2, 0) is 4.74 Å². The molecular weight excluding hydrogens is 312 g/mol. The van der Waals surface area contributed by atoms with Gasteiger partial charge in [0.25, 0.3) is 0 Å². The van der Waals surface area contributed by atoms with Crippen molar-refractivity contribution in [3.05, 3.63) is 12.1 Å². The molecule has 5 atom stereocenters. The number of phenolic OH excluding ortho intramolecular Hbond substituents is 1. The molecule has 0 aliphatic carbocycles. The Morgan fingerprint density at radius 3 is 2.04 bits per heavy atom. The van der Waals surface area contributed by atoms with Gasteiger partial charge in [-0.05, 0) is 0 Å². The number of hydrogen-bond acceptors (Lipinski definition) is 9. The Balaban J connectivity index is 2.30. The minimum absolute atomic E-state index is 0.0251. The average molecular weight is 332 g/mol. The van der Waals surface area contributed by atoms with E-state index >= 15 is 0 Å². The summed E-state index contributed by atoms with van der Waals surface area (Å²) in [6, 6.07) is 2.53. The van der Waals surface area contributed by atoms with Crippen LogP contribution in [-0.4, -0.2) is 77.1 Å². The fraction of sp³-hybridized carbons (Fsp3) is 0.571. The van der Waals surface area contributed by atoms with Crippen molar-refractivity contribution in [3.63, 3.8) is 0 Å². The van der Waals surface area contributed by atoms with E-state index in [1.54, 1.807) is 0 Å². The normalized spacial score (nSPS) is 30.8. The molecule has 1 saturated heterocycles. The Bertz CT molecular complexity index is 508. The smallest absolute Gasteiger partial charge is 0.229 e. The summed E-state index contributed by atoms with van der Waals surface area (Å²) in [4.78, 5) is 0. The van der Waals surface area contributed by atoms with E-state index in [4.69, 9.17) is 18.9 Å². The van der Waals surface area contributed by atoms with Crippen molar-refractivity contribution in [2.75, 3.05) is 20.8 Å². The molecule has 1 aromatic carbocycles. The Hall–Kier alpha value is -1.78. The van der Waals surface area contributed by atoms with Crippen molar-refractivity contribution in [2.45, 2.75) is 30.7 Å². The number of hydrogen-bond donors (Lipinski definition) is 5. The van der Waals surface area contributed by atoms with Gasteiger partial charge < -0.3 is 44.5 Å². The van der Waals surface area contributed by atoms with Gasteiger partial charge in [0.15, 0.2) is 11.5 Å². The Labute approximate surface area is 132 Å². The second-order valence-electron chi connectivity index (χ2n) is 4.99. The molecule has 9 heteroatoms. The molecule has 0 unspecified atom stereocenters. The number of benzene rings is 1. The summed E-state index contributed by atoms with van der Waals surface area (Å²) in [5, 5.41) is 48.3. The van der Waals surface area contributed by atoms with Crippen LogP contribution in [0.15, 0.2) is 12.1 Å². The van der Waals surface area contributed by atoms with Crippen molar-refractivity contribution in [2.24, 2.45) is 0 Å². The van der Waals surface area contributed by atoms with Crippen LogP contribution in [0.5, 0.6) is 23.0 Å². The van der Waals surface area contributed by atoms with E-state index in [1.807, 2.05) is 0 Å². The predicted molar refractivity (Wildman–Crippen MR) is 75.6 cm³/mol. The van der Waals surface area contributed by atoms with E-state index in [0.29, 0.717) is 0 Å². The summed E-state index contributed by atoms with van der Waals surface area (Å²) in [6.07, 6.45) is -7.13. The summed E-state index contributed by atoms with van der Waals surface area (Å²) in [7, 11) is 2.68. The maximum Gasteiger partial charge on any atom is 0.229 e. The highest BCUT2D eigenvalue weighted by atomic mass is 16.7. The fourth-order valence-electron chi connectivity index (χ4n) is 2.26. The zero-order valence-electron chi connectivity index (χ0n) is 12.6. The predicted octanol–water partition coefficient (Wildman–Crippen LogP) is -1.41. The highest BCUT2D eigenvalue weighted by Gasteiger charge is 2.45. The molecule has 1 heterocycles. The first-order valence-electron chi connectivity index (χ1n) is 6.85. The molecule has 0 radical (unpaired) electrons. The molecule has 1 aromatic rings. The monoisotopic (exact) mass is 332 g/mol. The van der Waals surface area contributed by atoms with Crippen LogP contribution in [0.4, 0.5) is 0 Å². The molecular formula is C14H20O9. The van der Waals surface area contributed by atoms with Gasteiger partial charge >= 0.3 is 0 Å². The van der Waals surface area contributed by atoms with E-state index < -0.39 is 37.3 Å². The maximum absolute atomic E-state index is 9.99. The zero-order valence-corrected chi connectivity index (χ0v) is 12.6. The molecule has 1 fully saturated rings. The van der Waals surface area contributed by atoms with Crippen molar-refractivity contribution >= 4 is 0 Å². The third-order valence-electron chi connectivity index (χ3n) is 3.53. The first-order valence-corrected chi connectivity index (χ1v) is 6.85. The molecule has 23 heavy (non-hydrogen) atoms. The minimum atomic E-state index is -1.57. The first kappa shape index (κ1) is 17.6. The van der Waals surface area contributed by atoms with Gasteiger partial charge in [0.1, 0.15) is 30.2 Å². The van der Waals surface area contributed by atoms with E-state index in [1.165, 1.54) is 26.4 Å². The van der Waals surface area contributed by atoms with E-state index in [0.717, 1.165) is 0 Å². The fourth-order valence-corrected chi connectivity index (χ4v) is 2.26. The quantitative estimate of drug-likeness (QED) is 0.440. The molecule has 9 nitrogen and oxygen atoms in total. The lowest BCUT2D eigenvalue weighted by Gasteiger charge is -2.39. The van der Waals surface area contributed by atoms with Crippen LogP contribution in [0.25, 0.3) is 0 Å². The molecule has 1 aliphatic rings. The molecule has 2 rings (SSSR count). The molecule has 0 spiro atoms. The number of rotatable bonds is 5. The Morgan fingerprint density at radius 1 is 1.00 bits per heavy atom. The van der Waals surface area contributed by atoms with Crippen LogP contribution < -0.4 is 14.2 Å². The van der Waals surface area contributed by atoms with E-state index in [2.05, 4.69) is 0 Å². The number of methoxy groups -OCH3 is 2. The molecule has 0 aromatic heterocycles. The van der Waals surface area contributed by atoms with Crippen molar-refractivity contribution in [1.82, 2.24) is 0 Å². The van der Waals surface area contributed by atoms with Gasteiger partial charge in [-0.3, -0.25) is 0 Å². The summed E-state index contributed by atoms with van der Waals surface area (Å²) in [5.41, 5.74) is 0. The Morgan fingerprint density at radius 2 is 1.57 bits per heavy atom. The lowest BCUT2D eigenvalue weighted by molar-refractivity contribution is -0.277. The van der Waals surface area contributed by atoms with Gasteiger partial charge in [-0.2, -0.15) is 0 Å². The molecule has 0 saturated carbocycles. The summed E-state index contributed by atoms with van der Waals surface area (Å²) < 4.78 is 20.9. The standard InChI is InChI=1S/C14H20O9/c1-20-7-3-6(16)4-8(21-2)13(7)23-14-12(19)11(18)10(17)9(5-15)22-14/h3-4,9-12,14-19H,5H2,1-2H3/t9-,10-,11+,12-,14-/m1/s1. The maximum atomic E-state index is 9.99. The molecule has 130 valence electrons. The Kier molecular flexibility index (Phi) is 5.50. The van der Waals surface area contributed by atoms with Gasteiger partial charge in [0.2, 0.25) is 12.0 Å². The largest absolute Gasteiger partial charge is 0.508 e. The van der Waals surface area contributed by atoms with Crippen LogP contribution in [0.3, 0.4) is 0 Å². The van der Waals surface area contributed by atoms with Gasteiger partial charge in [0.05, 0.1) is 20.8 Å². The number of phenols is 1. The third-order valence-corrected chi connectivity index (χ3v) is 3.53. The van der Waals surface area contributed by atoms with Crippen LogP contribution >= 0.6 is 0 Å². The van der Waals surface area contributed by atoms with Crippen LogP contribution in [0, 0.1) is 0 Å². The van der Waals surface area contributed by atoms with Crippen LogP contribution in [0.2, 0.25) is 0 Å². The second kappa shape index (κ2) is 7.20. The number of aliphatic hydroxyl groups is 4. The van der Waals surface area contributed by atoms with E-state index in [-0.39, 0.29) is 23.0 Å². The zero-order chi connectivity index (χ0) is 17.1. The second-order valence-corrected chi connectivity index (χ2v) is 4.99. The average Bonchev–Trinajstić information content (AvgIpc) is 2.55. The lowest BCUT2D eigenvalue weighted by Crippen LogP contribution is -2.60. The lowest BCUT2D eigenvalue weighted by atomic mass is 9.99. The SMILES string of the molecule is COc1cc(O)cc(OC)c1O[C@H]1O[C@H](CO)[C@@H](O)[C@H](O)[C@H]1O. The molecule has 0 bridgehead atoms. The van der Waals surface area contributed by atoms with E-state index in [9.17, 15) is 25.5 Å². The van der Waals surface area contributed by atoms with Gasteiger partial charge in [-0.1, -0.05) is 0 Å².